The van der Waals surface area contributed by atoms with Crippen LogP contribution in [0, 0.1) is 6.92 Å². The number of likely N-dealkylation sites (tertiary alicyclic amines) is 1. The summed E-state index contributed by atoms with van der Waals surface area (Å²) in [5.41, 5.74) is 2.95. The van der Waals surface area contributed by atoms with E-state index in [4.69, 9.17) is 9.26 Å². The maximum atomic E-state index is 13.3. The second-order valence-electron chi connectivity index (χ2n) is 8.29. The molecule has 1 unspecified atom stereocenters. The van der Waals surface area contributed by atoms with E-state index in [1.165, 1.54) is 0 Å². The van der Waals surface area contributed by atoms with Gasteiger partial charge in [-0.15, -0.1) is 0 Å². The number of aromatic nitrogens is 1. The Hall–Kier alpha value is -3.61. The molecule has 32 heavy (non-hydrogen) atoms. The third-order valence-corrected chi connectivity index (χ3v) is 6.33. The van der Waals surface area contributed by atoms with Crippen molar-refractivity contribution in [1.82, 2.24) is 15.0 Å². The molecule has 7 heteroatoms. The van der Waals surface area contributed by atoms with E-state index in [0.29, 0.717) is 49.5 Å². The van der Waals surface area contributed by atoms with Crippen molar-refractivity contribution in [3.8, 4) is 11.3 Å². The number of aryl methyl sites for hydroxylation is 1. The molecule has 0 spiro atoms. The molecular formula is C25H25N3O4. The van der Waals surface area contributed by atoms with Gasteiger partial charge in [-0.25, -0.2) is 4.79 Å². The standard InChI is InChI=1S/C25H25N3O4/c1-17-22(23(26-32-17)19-10-6-3-7-11-19)24(29)27-14-12-20(13-15-27)28-16-21(31-25(28)30)18-8-4-2-5-9-18/h2-11,20-21H,12-16H2,1H3. The van der Waals surface area contributed by atoms with Crippen LogP contribution in [-0.4, -0.2) is 52.6 Å². The van der Waals surface area contributed by atoms with Gasteiger partial charge in [0.2, 0.25) is 0 Å². The largest absolute Gasteiger partial charge is 0.439 e. The van der Waals surface area contributed by atoms with Crippen LogP contribution >= 0.6 is 0 Å². The van der Waals surface area contributed by atoms with Crippen LogP contribution in [0.5, 0.6) is 0 Å². The van der Waals surface area contributed by atoms with Gasteiger partial charge in [0.15, 0.2) is 0 Å². The molecule has 0 N–H and O–H groups in total. The van der Waals surface area contributed by atoms with Crippen LogP contribution in [-0.2, 0) is 4.74 Å². The van der Waals surface area contributed by atoms with E-state index < -0.39 is 0 Å². The second kappa shape index (κ2) is 8.49. The Morgan fingerprint density at radius 1 is 1.00 bits per heavy atom. The Morgan fingerprint density at radius 3 is 2.34 bits per heavy atom. The Labute approximate surface area is 186 Å². The van der Waals surface area contributed by atoms with Gasteiger partial charge in [0.1, 0.15) is 23.1 Å². The zero-order chi connectivity index (χ0) is 22.1. The summed E-state index contributed by atoms with van der Waals surface area (Å²) >= 11 is 0. The van der Waals surface area contributed by atoms with Crippen molar-refractivity contribution in [2.75, 3.05) is 19.6 Å². The normalized spacial score (nSPS) is 19.3. The zero-order valence-electron chi connectivity index (χ0n) is 17.9. The summed E-state index contributed by atoms with van der Waals surface area (Å²) in [4.78, 5) is 29.5. The summed E-state index contributed by atoms with van der Waals surface area (Å²) in [6.45, 7) is 3.46. The number of benzene rings is 2. The third kappa shape index (κ3) is 3.75. The molecule has 2 aliphatic heterocycles. The molecule has 164 valence electrons. The second-order valence-corrected chi connectivity index (χ2v) is 8.29. The predicted molar refractivity (Wildman–Crippen MR) is 118 cm³/mol. The molecule has 1 atom stereocenters. The maximum absolute atomic E-state index is 13.3. The Morgan fingerprint density at radius 2 is 1.66 bits per heavy atom. The fourth-order valence-electron chi connectivity index (χ4n) is 4.57. The summed E-state index contributed by atoms with van der Waals surface area (Å²) < 4.78 is 11.0. The molecule has 0 bridgehead atoms. The smallest absolute Gasteiger partial charge is 0.410 e. The lowest BCUT2D eigenvalue weighted by Gasteiger charge is -2.35. The fraction of sp³-hybridized carbons (Fsp3) is 0.320. The van der Waals surface area contributed by atoms with Gasteiger partial charge in [-0.3, -0.25) is 4.79 Å². The van der Waals surface area contributed by atoms with Crippen molar-refractivity contribution in [3.63, 3.8) is 0 Å². The molecule has 3 aromatic rings. The number of piperidine rings is 1. The number of ether oxygens (including phenoxy) is 1. The minimum Gasteiger partial charge on any atom is -0.439 e. The number of amides is 2. The number of carbonyl (C=O) groups is 2. The summed E-state index contributed by atoms with van der Waals surface area (Å²) in [6, 6.07) is 19.5. The molecule has 0 aliphatic carbocycles. The van der Waals surface area contributed by atoms with Gasteiger partial charge in [-0.05, 0) is 25.3 Å². The highest BCUT2D eigenvalue weighted by molar-refractivity contribution is 6.00. The quantitative estimate of drug-likeness (QED) is 0.610. The van der Waals surface area contributed by atoms with Gasteiger partial charge in [0, 0.05) is 24.7 Å². The first-order valence-corrected chi connectivity index (χ1v) is 10.9. The van der Waals surface area contributed by atoms with Crippen molar-refractivity contribution in [2.24, 2.45) is 0 Å². The van der Waals surface area contributed by atoms with Crippen LogP contribution < -0.4 is 0 Å². The van der Waals surface area contributed by atoms with E-state index in [1.807, 2.05) is 70.5 Å². The minimum atomic E-state index is -0.273. The van der Waals surface area contributed by atoms with E-state index in [1.54, 1.807) is 6.92 Å². The predicted octanol–water partition coefficient (Wildman–Crippen LogP) is 4.45. The SMILES string of the molecule is Cc1onc(-c2ccccc2)c1C(=O)N1CCC(N2CC(c3ccccc3)OC2=O)CC1. The molecule has 0 saturated carbocycles. The summed E-state index contributed by atoms with van der Waals surface area (Å²) in [6.07, 6.45) is 0.919. The highest BCUT2D eigenvalue weighted by Gasteiger charge is 2.39. The van der Waals surface area contributed by atoms with E-state index in [2.05, 4.69) is 5.16 Å². The summed E-state index contributed by atoms with van der Waals surface area (Å²) in [7, 11) is 0. The third-order valence-electron chi connectivity index (χ3n) is 6.33. The van der Waals surface area contributed by atoms with Crippen molar-refractivity contribution >= 4 is 12.0 Å². The van der Waals surface area contributed by atoms with Gasteiger partial charge < -0.3 is 19.1 Å². The van der Waals surface area contributed by atoms with Crippen molar-refractivity contribution in [3.05, 3.63) is 77.6 Å². The Bertz CT molecular complexity index is 1100. The lowest BCUT2D eigenvalue weighted by Crippen LogP contribution is -2.47. The van der Waals surface area contributed by atoms with Gasteiger partial charge in [-0.1, -0.05) is 65.8 Å². The van der Waals surface area contributed by atoms with Crippen molar-refractivity contribution < 1.29 is 18.8 Å². The number of hydrogen-bond donors (Lipinski definition) is 0. The van der Waals surface area contributed by atoms with Gasteiger partial charge in [-0.2, -0.15) is 0 Å². The molecule has 0 radical (unpaired) electrons. The van der Waals surface area contributed by atoms with Crippen LogP contribution in [0.3, 0.4) is 0 Å². The average Bonchev–Trinajstić information content (AvgIpc) is 3.42. The first-order chi connectivity index (χ1) is 15.6. The monoisotopic (exact) mass is 431 g/mol. The van der Waals surface area contributed by atoms with Crippen LogP contribution in [0.25, 0.3) is 11.3 Å². The highest BCUT2D eigenvalue weighted by atomic mass is 16.6. The zero-order valence-corrected chi connectivity index (χ0v) is 17.9. The van der Waals surface area contributed by atoms with E-state index in [9.17, 15) is 9.59 Å². The fourth-order valence-corrected chi connectivity index (χ4v) is 4.57. The number of carbonyl (C=O) groups excluding carboxylic acids is 2. The average molecular weight is 431 g/mol. The lowest BCUT2D eigenvalue weighted by atomic mass is 10.00. The molecule has 2 aromatic carbocycles. The maximum Gasteiger partial charge on any atom is 0.410 e. The van der Waals surface area contributed by atoms with Crippen molar-refractivity contribution in [1.29, 1.82) is 0 Å². The number of hydrogen-bond acceptors (Lipinski definition) is 5. The number of cyclic esters (lactones) is 1. The first-order valence-electron chi connectivity index (χ1n) is 10.9. The molecular weight excluding hydrogens is 406 g/mol. The summed E-state index contributed by atoms with van der Waals surface area (Å²) in [5, 5.41) is 4.13. The number of rotatable bonds is 4. The molecule has 5 rings (SSSR count). The van der Waals surface area contributed by atoms with Crippen molar-refractivity contribution in [2.45, 2.75) is 31.9 Å². The highest BCUT2D eigenvalue weighted by Crippen LogP contribution is 2.32. The van der Waals surface area contributed by atoms with Crippen LogP contribution in [0.1, 0.15) is 40.6 Å². The van der Waals surface area contributed by atoms with Gasteiger partial charge in [0.05, 0.1) is 6.54 Å². The molecule has 2 saturated heterocycles. The van der Waals surface area contributed by atoms with Crippen LogP contribution in [0.4, 0.5) is 4.79 Å². The molecule has 2 aliphatic rings. The molecule has 2 fully saturated rings. The van der Waals surface area contributed by atoms with E-state index in [0.717, 1.165) is 11.1 Å². The Kier molecular flexibility index (Phi) is 5.39. The molecule has 3 heterocycles. The lowest BCUT2D eigenvalue weighted by molar-refractivity contribution is 0.0657. The summed E-state index contributed by atoms with van der Waals surface area (Å²) in [5.74, 6) is 0.442. The topological polar surface area (TPSA) is 75.9 Å². The van der Waals surface area contributed by atoms with Gasteiger partial charge >= 0.3 is 6.09 Å². The van der Waals surface area contributed by atoms with E-state index >= 15 is 0 Å². The van der Waals surface area contributed by atoms with Gasteiger partial charge in [0.25, 0.3) is 5.91 Å². The molecule has 7 nitrogen and oxygen atoms in total. The molecule has 1 aromatic heterocycles. The van der Waals surface area contributed by atoms with E-state index in [-0.39, 0.29) is 24.1 Å². The Balaban J connectivity index is 1.25. The molecule has 2 amide bonds. The first kappa shape index (κ1) is 20.3. The number of nitrogens with zero attached hydrogens (tertiary/aromatic N) is 3. The van der Waals surface area contributed by atoms with Crippen LogP contribution in [0.15, 0.2) is 65.2 Å². The van der Waals surface area contributed by atoms with Crippen LogP contribution in [0.2, 0.25) is 0 Å². The minimum absolute atomic E-state index is 0.0671.